The van der Waals surface area contributed by atoms with Crippen LogP contribution in [-0.4, -0.2) is 64.7 Å². The molecule has 3 fully saturated rings. The molecule has 3 aliphatic heterocycles. The average molecular weight is 317 g/mol. The van der Waals surface area contributed by atoms with E-state index in [1.807, 2.05) is 34.8 Å². The van der Waals surface area contributed by atoms with Crippen molar-refractivity contribution >= 4 is 5.91 Å². The van der Waals surface area contributed by atoms with Crippen molar-refractivity contribution in [3.8, 4) is 0 Å². The summed E-state index contributed by atoms with van der Waals surface area (Å²) in [5.41, 5.74) is 0.807. The summed E-state index contributed by atoms with van der Waals surface area (Å²) in [6, 6.07) is 4.44. The number of hydrogen-bond acceptors (Lipinski definition) is 3. The van der Waals surface area contributed by atoms with Crippen LogP contribution in [0, 0.1) is 0 Å². The lowest BCUT2D eigenvalue weighted by atomic mass is 9.87. The van der Waals surface area contributed by atoms with Crippen LogP contribution in [0.3, 0.4) is 0 Å². The molecule has 1 spiro atoms. The Morgan fingerprint density at radius 1 is 1.22 bits per heavy atom. The van der Waals surface area contributed by atoms with Gasteiger partial charge in [0.2, 0.25) is 0 Å². The summed E-state index contributed by atoms with van der Waals surface area (Å²) >= 11 is 0. The highest BCUT2D eigenvalue weighted by Gasteiger charge is 2.45. The molecule has 3 aliphatic rings. The third-order valence-electron chi connectivity index (χ3n) is 5.97. The molecule has 1 atom stereocenters. The van der Waals surface area contributed by atoms with E-state index in [9.17, 15) is 4.79 Å². The first-order valence-corrected chi connectivity index (χ1v) is 8.96. The standard InChI is InChI=1S/C18H27N3O2/c1-19-8-4-5-16(19)17(22)21-11-6-18(7-12-21)13-15(14-23-18)20-9-2-3-10-20/h4-5,8,15H,2-3,6-7,9-14H2,1H3. The van der Waals surface area contributed by atoms with Gasteiger partial charge in [-0.2, -0.15) is 0 Å². The van der Waals surface area contributed by atoms with Crippen LogP contribution in [0.5, 0.6) is 0 Å². The topological polar surface area (TPSA) is 37.7 Å². The van der Waals surface area contributed by atoms with E-state index in [1.165, 1.54) is 25.9 Å². The molecule has 23 heavy (non-hydrogen) atoms. The molecule has 126 valence electrons. The van der Waals surface area contributed by atoms with Gasteiger partial charge in [0, 0.05) is 32.4 Å². The molecule has 1 aromatic rings. The van der Waals surface area contributed by atoms with Crippen LogP contribution in [0.15, 0.2) is 18.3 Å². The maximum absolute atomic E-state index is 12.6. The first kappa shape index (κ1) is 15.2. The van der Waals surface area contributed by atoms with E-state index in [4.69, 9.17) is 4.74 Å². The maximum atomic E-state index is 12.6. The van der Waals surface area contributed by atoms with Crippen LogP contribution < -0.4 is 0 Å². The van der Waals surface area contributed by atoms with Crippen LogP contribution in [0.25, 0.3) is 0 Å². The van der Waals surface area contributed by atoms with E-state index < -0.39 is 0 Å². The van der Waals surface area contributed by atoms with Gasteiger partial charge in [-0.25, -0.2) is 0 Å². The molecule has 0 aromatic carbocycles. The summed E-state index contributed by atoms with van der Waals surface area (Å²) in [6.45, 7) is 4.99. The van der Waals surface area contributed by atoms with Crippen molar-refractivity contribution in [3.63, 3.8) is 0 Å². The molecule has 3 saturated heterocycles. The minimum atomic E-state index is 0.0260. The predicted molar refractivity (Wildman–Crippen MR) is 88.4 cm³/mol. The molecule has 4 heterocycles. The Kier molecular flexibility index (Phi) is 3.93. The molecule has 0 aliphatic carbocycles. The Bertz CT molecular complexity index is 569. The molecular weight excluding hydrogens is 290 g/mol. The van der Waals surface area contributed by atoms with Crippen LogP contribution >= 0.6 is 0 Å². The van der Waals surface area contributed by atoms with Gasteiger partial charge in [0.25, 0.3) is 5.91 Å². The van der Waals surface area contributed by atoms with E-state index in [1.54, 1.807) is 0 Å². The van der Waals surface area contributed by atoms with E-state index in [2.05, 4.69) is 4.90 Å². The smallest absolute Gasteiger partial charge is 0.270 e. The molecule has 5 nitrogen and oxygen atoms in total. The van der Waals surface area contributed by atoms with Crippen molar-refractivity contribution in [1.82, 2.24) is 14.4 Å². The summed E-state index contributed by atoms with van der Waals surface area (Å²) in [5, 5.41) is 0. The largest absolute Gasteiger partial charge is 0.373 e. The number of aryl methyl sites for hydroxylation is 1. The number of likely N-dealkylation sites (tertiary alicyclic amines) is 2. The number of nitrogens with zero attached hydrogens (tertiary/aromatic N) is 3. The van der Waals surface area contributed by atoms with Gasteiger partial charge >= 0.3 is 0 Å². The van der Waals surface area contributed by atoms with Gasteiger partial charge in [0.15, 0.2) is 0 Å². The first-order chi connectivity index (χ1) is 11.2. The Morgan fingerprint density at radius 3 is 2.61 bits per heavy atom. The van der Waals surface area contributed by atoms with Gasteiger partial charge in [-0.15, -0.1) is 0 Å². The summed E-state index contributed by atoms with van der Waals surface area (Å²) in [5.74, 6) is 0.154. The highest BCUT2D eigenvalue weighted by atomic mass is 16.5. The van der Waals surface area contributed by atoms with Crippen molar-refractivity contribution in [2.24, 2.45) is 7.05 Å². The SMILES string of the molecule is Cn1cccc1C(=O)N1CCC2(CC1)CC(N1CCCC1)CO2. The fourth-order valence-corrected chi connectivity index (χ4v) is 4.47. The fourth-order valence-electron chi connectivity index (χ4n) is 4.47. The molecular formula is C18H27N3O2. The van der Waals surface area contributed by atoms with E-state index in [-0.39, 0.29) is 11.5 Å². The van der Waals surface area contributed by atoms with E-state index in [0.717, 1.165) is 44.7 Å². The fraction of sp³-hybridized carbons (Fsp3) is 0.722. The molecule has 1 unspecified atom stereocenters. The summed E-state index contributed by atoms with van der Waals surface area (Å²) in [7, 11) is 1.93. The van der Waals surface area contributed by atoms with Crippen LogP contribution in [0.4, 0.5) is 0 Å². The predicted octanol–water partition coefficient (Wildman–Crippen LogP) is 1.88. The lowest BCUT2D eigenvalue weighted by Crippen LogP contribution is -2.47. The van der Waals surface area contributed by atoms with Gasteiger partial charge in [-0.1, -0.05) is 0 Å². The zero-order valence-electron chi connectivity index (χ0n) is 14.0. The molecule has 5 heteroatoms. The lowest BCUT2D eigenvalue weighted by Gasteiger charge is -2.39. The van der Waals surface area contributed by atoms with E-state index in [0.29, 0.717) is 6.04 Å². The normalized spacial score (nSPS) is 27.9. The quantitative estimate of drug-likeness (QED) is 0.836. The second-order valence-corrected chi connectivity index (χ2v) is 7.39. The monoisotopic (exact) mass is 317 g/mol. The molecule has 0 N–H and O–H groups in total. The second-order valence-electron chi connectivity index (χ2n) is 7.39. The zero-order chi connectivity index (χ0) is 15.9. The first-order valence-electron chi connectivity index (χ1n) is 8.96. The number of ether oxygens (including phenoxy) is 1. The molecule has 4 rings (SSSR count). The number of hydrogen-bond donors (Lipinski definition) is 0. The maximum Gasteiger partial charge on any atom is 0.270 e. The Hall–Kier alpha value is -1.33. The third kappa shape index (κ3) is 2.81. The van der Waals surface area contributed by atoms with Gasteiger partial charge in [-0.3, -0.25) is 9.69 Å². The van der Waals surface area contributed by atoms with Crippen LogP contribution in [0.2, 0.25) is 0 Å². The molecule has 0 saturated carbocycles. The number of carbonyl (C=O) groups excluding carboxylic acids is 1. The van der Waals surface area contributed by atoms with Gasteiger partial charge < -0.3 is 14.2 Å². The van der Waals surface area contributed by atoms with Crippen molar-refractivity contribution in [2.75, 3.05) is 32.8 Å². The summed E-state index contributed by atoms with van der Waals surface area (Å²) in [6.07, 6.45) is 7.71. The zero-order valence-corrected chi connectivity index (χ0v) is 14.0. The second kappa shape index (κ2) is 5.95. The average Bonchev–Trinajstić information content (AvgIpc) is 3.28. The number of amides is 1. The molecule has 1 aromatic heterocycles. The van der Waals surface area contributed by atoms with Crippen molar-refractivity contribution in [2.45, 2.75) is 43.7 Å². The number of carbonyl (C=O) groups is 1. The number of rotatable bonds is 2. The number of aromatic nitrogens is 1. The third-order valence-corrected chi connectivity index (χ3v) is 5.97. The Morgan fingerprint density at radius 2 is 1.96 bits per heavy atom. The van der Waals surface area contributed by atoms with Crippen molar-refractivity contribution in [1.29, 1.82) is 0 Å². The highest BCUT2D eigenvalue weighted by Crippen LogP contribution is 2.38. The van der Waals surface area contributed by atoms with Gasteiger partial charge in [-0.05, 0) is 57.3 Å². The molecule has 0 radical (unpaired) electrons. The summed E-state index contributed by atoms with van der Waals surface area (Å²) in [4.78, 5) is 17.2. The van der Waals surface area contributed by atoms with Gasteiger partial charge in [0.05, 0.1) is 12.2 Å². The van der Waals surface area contributed by atoms with Crippen molar-refractivity contribution in [3.05, 3.63) is 24.0 Å². The summed E-state index contributed by atoms with van der Waals surface area (Å²) < 4.78 is 8.17. The molecule has 0 bridgehead atoms. The number of piperidine rings is 1. The van der Waals surface area contributed by atoms with Crippen LogP contribution in [0.1, 0.15) is 42.6 Å². The van der Waals surface area contributed by atoms with E-state index >= 15 is 0 Å². The highest BCUT2D eigenvalue weighted by molar-refractivity contribution is 5.92. The molecule has 1 amide bonds. The Labute approximate surface area is 138 Å². The Balaban J connectivity index is 1.36. The lowest BCUT2D eigenvalue weighted by molar-refractivity contribution is -0.0394. The minimum absolute atomic E-state index is 0.0260. The van der Waals surface area contributed by atoms with Crippen LogP contribution in [-0.2, 0) is 11.8 Å². The van der Waals surface area contributed by atoms with Gasteiger partial charge in [0.1, 0.15) is 5.69 Å². The minimum Gasteiger partial charge on any atom is -0.373 e. The van der Waals surface area contributed by atoms with Crippen molar-refractivity contribution < 1.29 is 9.53 Å².